The number of benzene rings is 6. The quantitative estimate of drug-likeness (QED) is 0.0950. The van der Waals surface area contributed by atoms with E-state index in [0.717, 1.165) is 9.52 Å². The Labute approximate surface area is 370 Å². The molecule has 0 N–H and O–H groups in total. The summed E-state index contributed by atoms with van der Waals surface area (Å²) in [5.74, 6) is 1.19. The molecule has 1 aliphatic heterocycles. The van der Waals surface area contributed by atoms with Crippen molar-refractivity contribution in [2.75, 3.05) is 0 Å². The van der Waals surface area contributed by atoms with Crippen molar-refractivity contribution in [3.63, 3.8) is 0 Å². The van der Waals surface area contributed by atoms with Crippen LogP contribution in [0.5, 0.6) is 0 Å². The molecule has 0 amide bonds. The Hall–Kier alpha value is -4.36. The summed E-state index contributed by atoms with van der Waals surface area (Å²) in [4.78, 5) is 0. The van der Waals surface area contributed by atoms with Gasteiger partial charge in [-0.2, -0.15) is 41.6 Å². The molecule has 9 rings (SSSR count). The summed E-state index contributed by atoms with van der Waals surface area (Å²) < 4.78 is 0. The molecular formula is C56H57SiZr. The fourth-order valence-corrected chi connectivity index (χ4v) is 9.75. The molecule has 0 aliphatic carbocycles. The molecular weight excluding hydrogens is 792 g/mol. The Morgan fingerprint density at radius 2 is 0.948 bits per heavy atom. The van der Waals surface area contributed by atoms with E-state index >= 15 is 0 Å². The predicted molar refractivity (Wildman–Crippen MR) is 251 cm³/mol. The zero-order valence-corrected chi connectivity index (χ0v) is 38.8. The number of aryl methyl sites for hydroxylation is 2. The fourth-order valence-electron chi connectivity index (χ4n) is 8.44. The normalized spacial score (nSPS) is 12.4. The van der Waals surface area contributed by atoms with Crippen LogP contribution in [-0.2, 0) is 39.0 Å². The van der Waals surface area contributed by atoms with Crippen LogP contribution in [0.1, 0.15) is 101 Å². The zero-order valence-electron chi connectivity index (χ0n) is 35.3. The van der Waals surface area contributed by atoms with Crippen molar-refractivity contribution in [1.82, 2.24) is 0 Å². The molecule has 2 atom stereocenters. The van der Waals surface area contributed by atoms with Gasteiger partial charge in [0.15, 0.2) is 0 Å². The maximum atomic E-state index is 3.31. The average Bonchev–Trinajstić information content (AvgIpc) is 3.98. The first-order valence-electron chi connectivity index (χ1n) is 21.4. The van der Waals surface area contributed by atoms with Gasteiger partial charge in [0.1, 0.15) is 0 Å². The molecule has 0 nitrogen and oxygen atoms in total. The molecule has 0 fully saturated rings. The van der Waals surface area contributed by atoms with Crippen LogP contribution >= 0.6 is 0 Å². The maximum absolute atomic E-state index is 3.31. The van der Waals surface area contributed by atoms with E-state index in [9.17, 15) is 0 Å². The van der Waals surface area contributed by atoms with Crippen molar-refractivity contribution < 1.29 is 26.2 Å². The first-order valence-corrected chi connectivity index (χ1v) is 22.4. The molecule has 289 valence electrons. The van der Waals surface area contributed by atoms with Crippen molar-refractivity contribution in [2.24, 2.45) is 0 Å². The topological polar surface area (TPSA) is 0 Å². The molecule has 0 saturated carbocycles. The third kappa shape index (κ3) is 9.57. The molecule has 1 aliphatic rings. The summed E-state index contributed by atoms with van der Waals surface area (Å²) in [5, 5.41) is 8.38. The van der Waals surface area contributed by atoms with Gasteiger partial charge in [-0.25, -0.2) is 0 Å². The van der Waals surface area contributed by atoms with Gasteiger partial charge in [0.05, 0.1) is 9.52 Å². The molecule has 58 heavy (non-hydrogen) atoms. The second kappa shape index (κ2) is 20.6. The molecule has 2 heteroatoms. The van der Waals surface area contributed by atoms with Crippen molar-refractivity contribution in [1.29, 1.82) is 0 Å². The van der Waals surface area contributed by atoms with Crippen molar-refractivity contribution >= 4 is 41.4 Å². The van der Waals surface area contributed by atoms with Gasteiger partial charge in [-0.15, -0.1) is 74.6 Å². The first-order chi connectivity index (χ1) is 27.9. The van der Waals surface area contributed by atoms with E-state index in [1.165, 1.54) is 126 Å². The maximum Gasteiger partial charge on any atom is 3.00 e. The van der Waals surface area contributed by atoms with Crippen LogP contribution in [-0.4, -0.2) is 9.52 Å². The smallest absolute Gasteiger partial charge is 0.184 e. The second-order valence-electron chi connectivity index (χ2n) is 15.8. The molecule has 1 heterocycles. The molecule has 3 radical (unpaired) electrons. The summed E-state index contributed by atoms with van der Waals surface area (Å²) >= 11 is 0. The minimum atomic E-state index is 0. The standard InChI is InChI=1S/2C22H25.C12H7Si.Zr/c2*1-4-9-17-14-18-10-8-13-21(22(18)15-17)20-12-7-6-11-19(20)16(3)5-2;1-3-7-11-9(5-1)10-6-2-4-8-12(10)13-11;/h2*6-8,10-16H,4-5,9H2,1-3H3;1-7H;/q3*-1;+3. The fraction of sp³-hybridized carbons (Fsp3) is 0.250. The van der Waals surface area contributed by atoms with Crippen molar-refractivity contribution in [3.8, 4) is 33.4 Å². The van der Waals surface area contributed by atoms with Crippen molar-refractivity contribution in [3.05, 3.63) is 180 Å². The Morgan fingerprint density at radius 1 is 0.500 bits per heavy atom. The van der Waals surface area contributed by atoms with Gasteiger partial charge in [-0.05, 0) is 59.8 Å². The van der Waals surface area contributed by atoms with Gasteiger partial charge in [0.25, 0.3) is 0 Å². The van der Waals surface area contributed by atoms with Crippen LogP contribution < -0.4 is 10.4 Å². The number of rotatable bonds is 10. The van der Waals surface area contributed by atoms with Gasteiger partial charge < -0.3 is 0 Å². The number of hydrogen-bond donors (Lipinski definition) is 0. The monoisotopic (exact) mass is 847 g/mol. The summed E-state index contributed by atoms with van der Waals surface area (Å²) in [6, 6.07) is 58.9. The first kappa shape index (κ1) is 43.2. The summed E-state index contributed by atoms with van der Waals surface area (Å²) in [5.41, 5.74) is 14.2. The van der Waals surface area contributed by atoms with Gasteiger partial charge in [0.2, 0.25) is 0 Å². The summed E-state index contributed by atoms with van der Waals surface area (Å²) in [6.07, 6.45) is 7.09. The predicted octanol–water partition coefficient (Wildman–Crippen LogP) is 14.5. The average molecular weight is 849 g/mol. The zero-order chi connectivity index (χ0) is 39.7. The van der Waals surface area contributed by atoms with E-state index in [-0.39, 0.29) is 26.2 Å². The minimum absolute atomic E-state index is 0. The Kier molecular flexibility index (Phi) is 15.3. The third-order valence-corrected chi connectivity index (χ3v) is 13.2. The van der Waals surface area contributed by atoms with Crippen LogP contribution in [0.25, 0.3) is 54.9 Å². The summed E-state index contributed by atoms with van der Waals surface area (Å²) in [7, 11) is 0.795. The van der Waals surface area contributed by atoms with E-state index in [1.54, 1.807) is 0 Å². The Morgan fingerprint density at radius 3 is 1.45 bits per heavy atom. The molecule has 0 aromatic heterocycles. The molecule has 0 spiro atoms. The van der Waals surface area contributed by atoms with Gasteiger partial charge in [0, 0.05) is 0 Å². The van der Waals surface area contributed by atoms with E-state index in [2.05, 4.69) is 193 Å². The van der Waals surface area contributed by atoms with E-state index in [1.807, 2.05) is 6.07 Å². The van der Waals surface area contributed by atoms with E-state index in [0.29, 0.717) is 11.8 Å². The van der Waals surface area contributed by atoms with Crippen LogP contribution in [0.3, 0.4) is 0 Å². The van der Waals surface area contributed by atoms with Crippen LogP contribution in [0.15, 0.2) is 152 Å². The van der Waals surface area contributed by atoms with Crippen LogP contribution in [0.4, 0.5) is 0 Å². The van der Waals surface area contributed by atoms with Crippen molar-refractivity contribution in [2.45, 2.75) is 91.9 Å². The molecule has 2 unspecified atom stereocenters. The van der Waals surface area contributed by atoms with Crippen LogP contribution in [0.2, 0.25) is 0 Å². The van der Waals surface area contributed by atoms with Gasteiger partial charge in [-0.1, -0.05) is 161 Å². The van der Waals surface area contributed by atoms with Gasteiger partial charge in [-0.3, -0.25) is 0 Å². The molecule has 0 bridgehead atoms. The molecule has 8 aromatic carbocycles. The van der Waals surface area contributed by atoms with Gasteiger partial charge >= 0.3 is 26.2 Å². The molecule has 8 aromatic rings. The molecule has 0 saturated heterocycles. The Bertz CT molecular complexity index is 2370. The largest absolute Gasteiger partial charge is 3.00 e. The number of hydrogen-bond acceptors (Lipinski definition) is 0. The number of fused-ring (bicyclic) bond motifs is 5. The minimum Gasteiger partial charge on any atom is -0.184 e. The van der Waals surface area contributed by atoms with Crippen LogP contribution in [0, 0.1) is 6.07 Å². The third-order valence-electron chi connectivity index (χ3n) is 11.8. The SMILES string of the molecule is CCCc1cc2c(-c3ccccc3C(C)CC)cccc2[cH-]1.CCCc1cc2c(-c3ccccc3C(C)CC)cccc2[cH-]1.[Zr+3].[c-]1cccc2c1[Si]c1ccccc1-2. The van der Waals surface area contributed by atoms with E-state index < -0.39 is 0 Å². The Balaban J connectivity index is 0.000000150. The second-order valence-corrected chi connectivity index (χ2v) is 17.1. The van der Waals surface area contributed by atoms with E-state index in [4.69, 9.17) is 0 Å². The summed E-state index contributed by atoms with van der Waals surface area (Å²) in [6.45, 7) is 13.7.